The van der Waals surface area contributed by atoms with Crippen LogP contribution in [0.4, 0.5) is 0 Å². The monoisotopic (exact) mass is 408 g/mol. The van der Waals surface area contributed by atoms with Gasteiger partial charge in [0.2, 0.25) is 0 Å². The van der Waals surface area contributed by atoms with Crippen molar-refractivity contribution in [3.05, 3.63) is 54.2 Å². The number of nitrogens with one attached hydrogen (secondary N) is 1. The van der Waals surface area contributed by atoms with Crippen LogP contribution in [-0.2, 0) is 0 Å². The molecular weight excluding hydrogens is 399 g/mol. The van der Waals surface area contributed by atoms with Gasteiger partial charge in [0.1, 0.15) is 0 Å². The van der Waals surface area contributed by atoms with Crippen molar-refractivity contribution < 1.29 is 0 Å². The van der Waals surface area contributed by atoms with Gasteiger partial charge in [-0.1, -0.05) is 12.1 Å². The van der Waals surface area contributed by atoms with Crippen molar-refractivity contribution >= 4 is 49.9 Å². The third-order valence-electron chi connectivity index (χ3n) is 2.30. The largest absolute Gasteiger partial charge is 0.271 e. The first-order valence-corrected chi connectivity index (χ1v) is 7.47. The van der Waals surface area contributed by atoms with Gasteiger partial charge in [0.25, 0.3) is 0 Å². The van der Waals surface area contributed by atoms with E-state index in [4.69, 9.17) is 5.84 Å². The normalized spacial score (nSPS) is 12.7. The summed E-state index contributed by atoms with van der Waals surface area (Å²) >= 11 is 7.50. The van der Waals surface area contributed by atoms with Crippen LogP contribution in [0.3, 0.4) is 0 Å². The smallest absolute Gasteiger partial charge is 0.0729 e. The van der Waals surface area contributed by atoms with Crippen molar-refractivity contribution in [2.45, 2.75) is 6.04 Å². The molecule has 16 heavy (non-hydrogen) atoms. The summed E-state index contributed by atoms with van der Waals surface area (Å²) in [6.45, 7) is 0. The van der Waals surface area contributed by atoms with Crippen LogP contribution in [0, 0.1) is 3.57 Å². The molecule has 1 aromatic carbocycles. The van der Waals surface area contributed by atoms with Gasteiger partial charge in [0.05, 0.1) is 6.04 Å². The van der Waals surface area contributed by atoms with Gasteiger partial charge >= 0.3 is 0 Å². The molecule has 0 fully saturated rings. The van der Waals surface area contributed by atoms with Crippen LogP contribution >= 0.6 is 49.9 Å². The summed E-state index contributed by atoms with van der Waals surface area (Å²) in [5, 5.41) is 4.17. The van der Waals surface area contributed by atoms with Gasteiger partial charge in [0.15, 0.2) is 0 Å². The minimum atomic E-state index is 0.0374. The topological polar surface area (TPSA) is 38.0 Å². The zero-order chi connectivity index (χ0) is 11.5. The molecule has 0 spiro atoms. The molecule has 0 saturated carbocycles. The second-order valence-electron chi connectivity index (χ2n) is 3.33. The van der Waals surface area contributed by atoms with E-state index in [1.165, 1.54) is 14.7 Å². The van der Waals surface area contributed by atoms with Crippen molar-refractivity contribution in [2.75, 3.05) is 0 Å². The lowest BCUT2D eigenvalue weighted by molar-refractivity contribution is 0.636. The highest BCUT2D eigenvalue weighted by Gasteiger charge is 2.15. The van der Waals surface area contributed by atoms with Crippen LogP contribution in [0.5, 0.6) is 0 Å². The third kappa shape index (κ3) is 2.65. The molecule has 0 radical (unpaired) electrons. The predicted molar refractivity (Wildman–Crippen MR) is 80.3 cm³/mol. The Hall–Kier alpha value is 0.0500. The van der Waals surface area contributed by atoms with Gasteiger partial charge in [-0.25, -0.2) is 5.43 Å². The Balaban J connectivity index is 2.40. The Morgan fingerprint density at radius 2 is 2.19 bits per heavy atom. The van der Waals surface area contributed by atoms with E-state index in [0.29, 0.717) is 0 Å². The summed E-state index contributed by atoms with van der Waals surface area (Å²) in [6.07, 6.45) is 0. The Morgan fingerprint density at radius 1 is 1.38 bits per heavy atom. The maximum atomic E-state index is 5.65. The van der Waals surface area contributed by atoms with Crippen molar-refractivity contribution in [3.63, 3.8) is 0 Å². The van der Waals surface area contributed by atoms with Crippen LogP contribution in [-0.4, -0.2) is 0 Å². The number of halogens is 2. The van der Waals surface area contributed by atoms with Gasteiger partial charge < -0.3 is 0 Å². The highest BCUT2D eigenvalue weighted by molar-refractivity contribution is 14.1. The number of nitrogens with two attached hydrogens (primary N) is 1. The summed E-state index contributed by atoms with van der Waals surface area (Å²) in [5.74, 6) is 5.65. The van der Waals surface area contributed by atoms with E-state index in [9.17, 15) is 0 Å². The molecule has 1 atom stereocenters. The standard InChI is InChI=1S/C11H10BrIN2S/c12-10-6-16-5-9(10)11(15-14)7-2-1-3-8(13)4-7/h1-6,11,15H,14H2. The highest BCUT2D eigenvalue weighted by atomic mass is 127. The molecule has 1 aromatic heterocycles. The molecule has 84 valence electrons. The van der Waals surface area contributed by atoms with E-state index < -0.39 is 0 Å². The van der Waals surface area contributed by atoms with E-state index >= 15 is 0 Å². The Bertz CT molecular complexity index is 486. The van der Waals surface area contributed by atoms with Gasteiger partial charge in [0, 0.05) is 13.4 Å². The lowest BCUT2D eigenvalue weighted by Gasteiger charge is -2.16. The predicted octanol–water partition coefficient (Wildman–Crippen LogP) is 3.67. The minimum Gasteiger partial charge on any atom is -0.271 e. The number of hydrazine groups is 1. The van der Waals surface area contributed by atoms with E-state index in [1.54, 1.807) is 11.3 Å². The molecule has 0 aliphatic carbocycles. The molecule has 0 saturated heterocycles. The second-order valence-corrected chi connectivity index (χ2v) is 6.17. The second kappa shape index (κ2) is 5.59. The first-order chi connectivity index (χ1) is 7.72. The average Bonchev–Trinajstić information content (AvgIpc) is 2.67. The Morgan fingerprint density at radius 3 is 2.75 bits per heavy atom. The zero-order valence-corrected chi connectivity index (χ0v) is 12.8. The maximum absolute atomic E-state index is 5.65. The Labute approximate surface area is 120 Å². The van der Waals surface area contributed by atoms with Crippen molar-refractivity contribution in [2.24, 2.45) is 5.84 Å². The summed E-state index contributed by atoms with van der Waals surface area (Å²) in [4.78, 5) is 0. The van der Waals surface area contributed by atoms with Crippen molar-refractivity contribution in [3.8, 4) is 0 Å². The summed E-state index contributed by atoms with van der Waals surface area (Å²) in [6, 6.07) is 8.36. The maximum Gasteiger partial charge on any atom is 0.0729 e. The lowest BCUT2D eigenvalue weighted by Crippen LogP contribution is -2.28. The fourth-order valence-electron chi connectivity index (χ4n) is 1.55. The van der Waals surface area contributed by atoms with E-state index in [0.717, 1.165) is 4.47 Å². The average molecular weight is 409 g/mol. The van der Waals surface area contributed by atoms with E-state index in [2.05, 4.69) is 72.9 Å². The third-order valence-corrected chi connectivity index (χ3v) is 4.72. The number of benzene rings is 1. The molecule has 3 N–H and O–H groups in total. The highest BCUT2D eigenvalue weighted by Crippen LogP contribution is 2.31. The SMILES string of the molecule is NNC(c1cccc(I)c1)c1cscc1Br. The number of rotatable bonds is 3. The van der Waals surface area contributed by atoms with Crippen molar-refractivity contribution in [1.82, 2.24) is 5.43 Å². The number of hydrogen-bond acceptors (Lipinski definition) is 3. The van der Waals surface area contributed by atoms with Crippen LogP contribution in [0.1, 0.15) is 17.2 Å². The number of hydrogen-bond donors (Lipinski definition) is 2. The number of thiophene rings is 1. The summed E-state index contributed by atoms with van der Waals surface area (Å²) < 4.78 is 2.31. The zero-order valence-electron chi connectivity index (χ0n) is 8.28. The summed E-state index contributed by atoms with van der Waals surface area (Å²) in [5.41, 5.74) is 5.21. The first kappa shape index (κ1) is 12.5. The van der Waals surface area contributed by atoms with Crippen LogP contribution in [0.15, 0.2) is 39.5 Å². The van der Waals surface area contributed by atoms with E-state index in [1.807, 2.05) is 6.07 Å². The molecule has 5 heteroatoms. The molecule has 2 rings (SSSR count). The van der Waals surface area contributed by atoms with Crippen LogP contribution in [0.2, 0.25) is 0 Å². The minimum absolute atomic E-state index is 0.0374. The molecule has 1 unspecified atom stereocenters. The molecule has 0 amide bonds. The molecule has 1 heterocycles. The van der Waals surface area contributed by atoms with Gasteiger partial charge in [-0.2, -0.15) is 11.3 Å². The van der Waals surface area contributed by atoms with Gasteiger partial charge in [-0.3, -0.25) is 5.84 Å². The Kier molecular flexibility index (Phi) is 4.37. The molecule has 2 nitrogen and oxygen atoms in total. The van der Waals surface area contributed by atoms with Crippen LogP contribution < -0.4 is 11.3 Å². The first-order valence-electron chi connectivity index (χ1n) is 4.65. The van der Waals surface area contributed by atoms with Gasteiger partial charge in [-0.05, 0) is 67.2 Å². The molecule has 0 bridgehead atoms. The fourth-order valence-corrected chi connectivity index (χ4v) is 3.67. The van der Waals surface area contributed by atoms with Crippen molar-refractivity contribution in [1.29, 1.82) is 0 Å². The van der Waals surface area contributed by atoms with Crippen LogP contribution in [0.25, 0.3) is 0 Å². The lowest BCUT2D eigenvalue weighted by atomic mass is 10.0. The molecule has 0 aliphatic rings. The van der Waals surface area contributed by atoms with Gasteiger partial charge in [-0.15, -0.1) is 0 Å². The molecule has 0 aliphatic heterocycles. The fraction of sp³-hybridized carbons (Fsp3) is 0.0909. The summed E-state index contributed by atoms with van der Waals surface area (Å²) in [7, 11) is 0. The quantitative estimate of drug-likeness (QED) is 0.462. The molecule has 2 aromatic rings. The molecular formula is C11H10BrIN2S. The van der Waals surface area contributed by atoms with E-state index in [-0.39, 0.29) is 6.04 Å².